The fourth-order valence-corrected chi connectivity index (χ4v) is 6.42. The molecule has 3 aromatic rings. The summed E-state index contributed by atoms with van der Waals surface area (Å²) in [5, 5.41) is 5.58. The van der Waals surface area contributed by atoms with Gasteiger partial charge < -0.3 is 14.0 Å². The van der Waals surface area contributed by atoms with Crippen LogP contribution < -0.4 is 0 Å². The molecule has 6 rings (SSSR count). The molecule has 178 valence electrons. The van der Waals surface area contributed by atoms with Crippen LogP contribution in [0.1, 0.15) is 61.3 Å². The molecule has 4 nitrogen and oxygen atoms in total. The lowest BCUT2D eigenvalue weighted by atomic mass is 9.84. The number of hydrogen-bond acceptors (Lipinski definition) is 4. The zero-order valence-electron chi connectivity index (χ0n) is 19.1. The van der Waals surface area contributed by atoms with Gasteiger partial charge in [0.2, 0.25) is 0 Å². The van der Waals surface area contributed by atoms with Gasteiger partial charge in [-0.05, 0) is 68.1 Å². The van der Waals surface area contributed by atoms with E-state index in [-0.39, 0.29) is 6.10 Å². The predicted molar refractivity (Wildman–Crippen MR) is 133 cm³/mol. The standard InChI is InChI=1S/C28H29Cl2NO3/c29-23-7-4-8-24(30)25(23)26-22(28(34-31-26)18-9-10-18)16-33-27-19-11-12-20(27)14-21(13-19)32-15-17-5-2-1-3-6-17/h1-8,18-21,27H,9-16H2. The van der Waals surface area contributed by atoms with Crippen LogP contribution in [0.4, 0.5) is 0 Å². The molecule has 3 fully saturated rings. The van der Waals surface area contributed by atoms with Crippen molar-refractivity contribution in [2.24, 2.45) is 11.8 Å². The summed E-state index contributed by atoms with van der Waals surface area (Å²) in [5.41, 5.74) is 3.71. The smallest absolute Gasteiger partial charge is 0.145 e. The number of rotatable bonds is 8. The van der Waals surface area contributed by atoms with Gasteiger partial charge in [0.15, 0.2) is 0 Å². The Morgan fingerprint density at radius 2 is 1.53 bits per heavy atom. The maximum absolute atomic E-state index is 6.64. The van der Waals surface area contributed by atoms with Crippen molar-refractivity contribution in [2.45, 2.75) is 69.9 Å². The van der Waals surface area contributed by atoms with E-state index in [1.54, 1.807) is 0 Å². The Hall–Kier alpha value is -1.85. The Morgan fingerprint density at radius 1 is 0.824 bits per heavy atom. The molecule has 3 saturated carbocycles. The van der Waals surface area contributed by atoms with Crippen molar-refractivity contribution in [3.8, 4) is 11.3 Å². The minimum atomic E-state index is 0.257. The van der Waals surface area contributed by atoms with Crippen LogP contribution in [0.2, 0.25) is 10.0 Å². The first-order valence-corrected chi connectivity index (χ1v) is 13.1. The Labute approximate surface area is 210 Å². The van der Waals surface area contributed by atoms with Crippen LogP contribution in [0.3, 0.4) is 0 Å². The Morgan fingerprint density at radius 3 is 2.21 bits per heavy atom. The van der Waals surface area contributed by atoms with E-state index in [1.165, 1.54) is 18.4 Å². The van der Waals surface area contributed by atoms with Gasteiger partial charge in [-0.25, -0.2) is 0 Å². The predicted octanol–water partition coefficient (Wildman–Crippen LogP) is 7.82. The van der Waals surface area contributed by atoms with E-state index >= 15 is 0 Å². The topological polar surface area (TPSA) is 44.5 Å². The van der Waals surface area contributed by atoms with Crippen molar-refractivity contribution >= 4 is 23.2 Å². The second kappa shape index (κ2) is 9.66. The van der Waals surface area contributed by atoms with Gasteiger partial charge in [-0.1, -0.05) is 64.8 Å². The molecule has 0 amide bonds. The van der Waals surface area contributed by atoms with Crippen molar-refractivity contribution in [3.63, 3.8) is 0 Å². The molecule has 2 aromatic carbocycles. The van der Waals surface area contributed by atoms with Crippen molar-refractivity contribution in [1.82, 2.24) is 5.16 Å². The van der Waals surface area contributed by atoms with Crippen LogP contribution in [0, 0.1) is 11.8 Å². The summed E-state index contributed by atoms with van der Waals surface area (Å²) in [5.74, 6) is 2.45. The first-order chi connectivity index (χ1) is 16.7. The quantitative estimate of drug-likeness (QED) is 0.318. The third-order valence-corrected chi connectivity index (χ3v) is 8.31. The molecule has 2 bridgehead atoms. The summed E-state index contributed by atoms with van der Waals surface area (Å²) in [6, 6.07) is 16.0. The van der Waals surface area contributed by atoms with Crippen molar-refractivity contribution in [3.05, 3.63) is 75.5 Å². The highest BCUT2D eigenvalue weighted by atomic mass is 35.5. The SMILES string of the molecule is Clc1cccc(Cl)c1-c1noc(C2CC2)c1COC1C2CCC1CC(OCc1ccccc1)C2. The summed E-state index contributed by atoms with van der Waals surface area (Å²) < 4.78 is 18.8. The van der Waals surface area contributed by atoms with E-state index in [1.807, 2.05) is 24.3 Å². The van der Waals surface area contributed by atoms with Gasteiger partial charge in [0.25, 0.3) is 0 Å². The monoisotopic (exact) mass is 497 g/mol. The Kier molecular flexibility index (Phi) is 6.42. The Balaban J connectivity index is 1.15. The molecular weight excluding hydrogens is 469 g/mol. The third-order valence-electron chi connectivity index (χ3n) is 7.68. The normalized spacial score (nSPS) is 26.2. The minimum absolute atomic E-state index is 0.257. The summed E-state index contributed by atoms with van der Waals surface area (Å²) >= 11 is 13.0. The molecule has 0 saturated heterocycles. The minimum Gasteiger partial charge on any atom is -0.374 e. The van der Waals surface area contributed by atoms with Gasteiger partial charge in [-0.3, -0.25) is 0 Å². The first kappa shape index (κ1) is 22.6. The van der Waals surface area contributed by atoms with Gasteiger partial charge in [-0.2, -0.15) is 0 Å². The fourth-order valence-electron chi connectivity index (χ4n) is 5.84. The average Bonchev–Trinajstić information content (AvgIpc) is 3.56. The molecule has 34 heavy (non-hydrogen) atoms. The molecule has 0 aliphatic heterocycles. The van der Waals surface area contributed by atoms with Crippen LogP contribution in [0.15, 0.2) is 53.1 Å². The highest BCUT2D eigenvalue weighted by Gasteiger charge is 2.44. The van der Waals surface area contributed by atoms with Gasteiger partial charge in [0.1, 0.15) is 11.5 Å². The van der Waals surface area contributed by atoms with Crippen LogP contribution in [-0.4, -0.2) is 17.4 Å². The zero-order chi connectivity index (χ0) is 23.1. The van der Waals surface area contributed by atoms with Crippen LogP contribution in [-0.2, 0) is 22.7 Å². The molecule has 6 heteroatoms. The van der Waals surface area contributed by atoms with Gasteiger partial charge >= 0.3 is 0 Å². The molecular formula is C28H29Cl2NO3. The number of aromatic nitrogens is 1. The maximum Gasteiger partial charge on any atom is 0.145 e. The molecule has 2 atom stereocenters. The van der Waals surface area contributed by atoms with Gasteiger partial charge in [0.05, 0.1) is 35.5 Å². The lowest BCUT2D eigenvalue weighted by Gasteiger charge is -2.35. The van der Waals surface area contributed by atoms with E-state index in [9.17, 15) is 0 Å². The first-order valence-electron chi connectivity index (χ1n) is 12.4. The summed E-state index contributed by atoms with van der Waals surface area (Å²) in [6.07, 6.45) is 7.39. The molecule has 3 aliphatic carbocycles. The number of benzene rings is 2. The molecule has 0 spiro atoms. The maximum atomic E-state index is 6.64. The highest BCUT2D eigenvalue weighted by molar-refractivity contribution is 6.39. The molecule has 1 heterocycles. The van der Waals surface area contributed by atoms with Crippen molar-refractivity contribution in [2.75, 3.05) is 0 Å². The van der Waals surface area contributed by atoms with Crippen molar-refractivity contribution < 1.29 is 14.0 Å². The fraction of sp³-hybridized carbons (Fsp3) is 0.464. The van der Waals surface area contributed by atoms with E-state index in [0.29, 0.717) is 47.1 Å². The van der Waals surface area contributed by atoms with Crippen molar-refractivity contribution in [1.29, 1.82) is 0 Å². The third kappa shape index (κ3) is 4.54. The van der Waals surface area contributed by atoms with Gasteiger partial charge in [0, 0.05) is 17.0 Å². The van der Waals surface area contributed by atoms with E-state index in [2.05, 4.69) is 29.4 Å². The number of nitrogens with zero attached hydrogens (tertiary/aromatic N) is 1. The van der Waals surface area contributed by atoms with Crippen LogP contribution in [0.25, 0.3) is 11.3 Å². The molecule has 3 aliphatic rings. The molecule has 0 radical (unpaired) electrons. The second-order valence-electron chi connectivity index (χ2n) is 10.0. The summed E-state index contributed by atoms with van der Waals surface area (Å²) in [4.78, 5) is 0. The summed E-state index contributed by atoms with van der Waals surface area (Å²) in [6.45, 7) is 1.17. The number of hydrogen-bond donors (Lipinski definition) is 0. The average molecular weight is 498 g/mol. The Bertz CT molecular complexity index is 1110. The van der Waals surface area contributed by atoms with E-state index in [4.69, 9.17) is 37.2 Å². The number of fused-ring (bicyclic) bond motifs is 2. The molecule has 0 N–H and O–H groups in total. The number of ether oxygens (including phenoxy) is 2. The van der Waals surface area contributed by atoms with E-state index < -0.39 is 0 Å². The van der Waals surface area contributed by atoms with E-state index in [0.717, 1.165) is 48.3 Å². The zero-order valence-corrected chi connectivity index (χ0v) is 20.6. The molecule has 1 aromatic heterocycles. The van der Waals surface area contributed by atoms with Gasteiger partial charge in [-0.15, -0.1) is 0 Å². The summed E-state index contributed by atoms with van der Waals surface area (Å²) in [7, 11) is 0. The van der Waals surface area contributed by atoms with Crippen LogP contribution >= 0.6 is 23.2 Å². The van der Waals surface area contributed by atoms with Crippen LogP contribution in [0.5, 0.6) is 0 Å². The molecule has 2 unspecified atom stereocenters. The second-order valence-corrected chi connectivity index (χ2v) is 10.8. The highest BCUT2D eigenvalue weighted by Crippen LogP contribution is 2.48. The number of halogens is 2. The largest absolute Gasteiger partial charge is 0.374 e. The lowest BCUT2D eigenvalue weighted by Crippen LogP contribution is -2.36. The lowest BCUT2D eigenvalue weighted by molar-refractivity contribution is -0.0816.